The van der Waals surface area contributed by atoms with Gasteiger partial charge in [-0.25, -0.2) is 9.97 Å². The first-order chi connectivity index (χ1) is 16.6. The number of piperidine rings is 1. The molecule has 3 heterocycles. The van der Waals surface area contributed by atoms with Gasteiger partial charge in [0.1, 0.15) is 5.82 Å². The van der Waals surface area contributed by atoms with Crippen LogP contribution in [0.5, 0.6) is 0 Å². The summed E-state index contributed by atoms with van der Waals surface area (Å²) in [6, 6.07) is 8.10. The fourth-order valence-electron chi connectivity index (χ4n) is 5.02. The van der Waals surface area contributed by atoms with E-state index in [1.165, 1.54) is 18.4 Å². The van der Waals surface area contributed by atoms with Gasteiger partial charge in [0.2, 0.25) is 11.8 Å². The number of aryl methyl sites for hydroxylation is 1. The van der Waals surface area contributed by atoms with Crippen molar-refractivity contribution in [3.8, 4) is 11.3 Å². The Bertz CT molecular complexity index is 1230. The van der Waals surface area contributed by atoms with E-state index in [-0.39, 0.29) is 17.7 Å². The lowest BCUT2D eigenvalue weighted by atomic mass is 9.95. The van der Waals surface area contributed by atoms with Crippen LogP contribution in [-0.4, -0.2) is 44.3 Å². The Labute approximate surface area is 199 Å². The number of fused-ring (bicyclic) bond motifs is 1. The zero-order chi connectivity index (χ0) is 23.5. The molecule has 176 valence electrons. The highest BCUT2D eigenvalue weighted by Gasteiger charge is 2.27. The minimum absolute atomic E-state index is 0.0187. The summed E-state index contributed by atoms with van der Waals surface area (Å²) in [5.41, 5.74) is 3.53. The summed E-state index contributed by atoms with van der Waals surface area (Å²) in [5.74, 6) is 0.616. The van der Waals surface area contributed by atoms with E-state index in [1.54, 1.807) is 12.5 Å². The number of rotatable bonds is 5. The van der Waals surface area contributed by atoms with Crippen molar-refractivity contribution in [1.82, 2.24) is 19.4 Å². The van der Waals surface area contributed by atoms with Gasteiger partial charge in [0.25, 0.3) is 0 Å². The van der Waals surface area contributed by atoms with Crippen LogP contribution in [0.2, 0.25) is 0 Å². The van der Waals surface area contributed by atoms with Gasteiger partial charge in [-0.05, 0) is 56.0 Å². The number of benzene rings is 1. The largest absolute Gasteiger partial charge is 0.342 e. The van der Waals surface area contributed by atoms with Crippen molar-refractivity contribution < 1.29 is 9.59 Å². The molecule has 0 unspecified atom stereocenters. The Balaban J connectivity index is 1.19. The van der Waals surface area contributed by atoms with Crippen LogP contribution in [-0.2, 0) is 16.6 Å². The maximum absolute atomic E-state index is 12.9. The molecule has 34 heavy (non-hydrogen) atoms. The lowest BCUT2D eigenvalue weighted by Crippen LogP contribution is -2.41. The highest BCUT2D eigenvalue weighted by molar-refractivity contribution is 5.95. The van der Waals surface area contributed by atoms with Crippen molar-refractivity contribution in [2.75, 3.05) is 18.4 Å². The fraction of sp³-hybridized carbons (Fsp3) is 0.407. The van der Waals surface area contributed by atoms with Crippen LogP contribution in [0.4, 0.5) is 5.82 Å². The number of carbonyl (C=O) groups is 2. The average Bonchev–Trinajstić information content (AvgIpc) is 3.54. The Morgan fingerprint density at radius 2 is 1.88 bits per heavy atom. The van der Waals surface area contributed by atoms with Gasteiger partial charge in [-0.2, -0.15) is 0 Å². The molecule has 1 saturated heterocycles. The first-order valence-electron chi connectivity index (χ1n) is 12.2. The number of hydrogen-bond acceptors (Lipinski definition) is 4. The number of hydrogen-bond donors (Lipinski definition) is 1. The minimum atomic E-state index is -0.101. The first-order valence-corrected chi connectivity index (χ1v) is 12.2. The Kier molecular flexibility index (Phi) is 6.43. The van der Waals surface area contributed by atoms with Crippen molar-refractivity contribution >= 4 is 28.4 Å². The van der Waals surface area contributed by atoms with Crippen molar-refractivity contribution in [2.45, 2.75) is 44.9 Å². The first kappa shape index (κ1) is 22.3. The van der Waals surface area contributed by atoms with E-state index in [1.807, 2.05) is 34.8 Å². The average molecular weight is 458 g/mol. The van der Waals surface area contributed by atoms with E-state index in [4.69, 9.17) is 0 Å². The smallest absolute Gasteiger partial charge is 0.228 e. The molecular weight excluding hydrogens is 426 g/mol. The van der Waals surface area contributed by atoms with Crippen LogP contribution in [0.3, 0.4) is 0 Å². The van der Waals surface area contributed by atoms with Crippen LogP contribution in [0.25, 0.3) is 22.0 Å². The summed E-state index contributed by atoms with van der Waals surface area (Å²) in [5, 5.41) is 5.03. The van der Waals surface area contributed by atoms with Crippen LogP contribution < -0.4 is 5.32 Å². The molecule has 2 fully saturated rings. The summed E-state index contributed by atoms with van der Waals surface area (Å²) in [6.07, 6.45) is 14.2. The SMILES string of the molecule is Cn1cncc1-c1ccc2cnc(NC(=O)C3CCN(C(=O)CC=C4CCCC4)CC3)cc2c1. The molecule has 1 N–H and O–H groups in total. The molecule has 3 aromatic rings. The molecule has 7 nitrogen and oxygen atoms in total. The topological polar surface area (TPSA) is 80.1 Å². The van der Waals surface area contributed by atoms with Crippen LogP contribution >= 0.6 is 0 Å². The summed E-state index contributed by atoms with van der Waals surface area (Å²) in [6.45, 7) is 1.28. The lowest BCUT2D eigenvalue weighted by molar-refractivity contribution is -0.133. The number of imidazole rings is 1. The molecule has 1 saturated carbocycles. The minimum Gasteiger partial charge on any atom is -0.342 e. The van der Waals surface area contributed by atoms with Crippen molar-refractivity contribution in [1.29, 1.82) is 0 Å². The molecule has 1 aromatic carbocycles. The van der Waals surface area contributed by atoms with Crippen LogP contribution in [0, 0.1) is 5.92 Å². The molecule has 5 rings (SSSR count). The Morgan fingerprint density at radius 1 is 1.09 bits per heavy atom. The highest BCUT2D eigenvalue weighted by Crippen LogP contribution is 2.27. The number of amides is 2. The van der Waals surface area contributed by atoms with E-state index < -0.39 is 0 Å². The van der Waals surface area contributed by atoms with E-state index in [0.29, 0.717) is 38.2 Å². The second-order valence-corrected chi connectivity index (χ2v) is 9.44. The van der Waals surface area contributed by atoms with E-state index >= 15 is 0 Å². The van der Waals surface area contributed by atoms with Gasteiger partial charge in [0.15, 0.2) is 0 Å². The Morgan fingerprint density at radius 3 is 2.62 bits per heavy atom. The van der Waals surface area contributed by atoms with Gasteiger partial charge < -0.3 is 14.8 Å². The number of nitrogens with one attached hydrogen (secondary N) is 1. The molecule has 2 aromatic heterocycles. The molecule has 2 aliphatic rings. The van der Waals surface area contributed by atoms with Crippen molar-refractivity contribution in [2.24, 2.45) is 13.0 Å². The predicted molar refractivity (Wildman–Crippen MR) is 133 cm³/mol. The lowest BCUT2D eigenvalue weighted by Gasteiger charge is -2.31. The molecule has 0 atom stereocenters. The predicted octanol–water partition coefficient (Wildman–Crippen LogP) is 4.70. The highest BCUT2D eigenvalue weighted by atomic mass is 16.2. The quantitative estimate of drug-likeness (QED) is 0.563. The molecule has 2 amide bonds. The van der Waals surface area contributed by atoms with Gasteiger partial charge >= 0.3 is 0 Å². The van der Waals surface area contributed by atoms with Gasteiger partial charge in [0, 0.05) is 49.6 Å². The number of anilines is 1. The standard InChI is InChI=1S/C27H31N5O2/c1-31-18-28-17-24(31)21-7-8-22-16-29-25(15-23(22)14-21)30-27(34)20-10-12-32(13-11-20)26(33)9-6-19-4-2-3-5-19/h6-8,14-18,20H,2-5,9-13H2,1H3,(H,29,30,34). The zero-order valence-electron chi connectivity index (χ0n) is 19.7. The summed E-state index contributed by atoms with van der Waals surface area (Å²) in [4.78, 5) is 36.0. The monoisotopic (exact) mass is 457 g/mol. The van der Waals surface area contributed by atoms with E-state index in [2.05, 4.69) is 33.5 Å². The Hall–Kier alpha value is -3.48. The molecule has 1 aliphatic carbocycles. The van der Waals surface area contributed by atoms with E-state index in [0.717, 1.165) is 34.9 Å². The molecule has 7 heteroatoms. The normalized spacial score (nSPS) is 16.7. The summed E-state index contributed by atoms with van der Waals surface area (Å²) in [7, 11) is 1.97. The van der Waals surface area contributed by atoms with Crippen molar-refractivity contribution in [3.63, 3.8) is 0 Å². The fourth-order valence-corrected chi connectivity index (χ4v) is 5.02. The third-order valence-electron chi connectivity index (χ3n) is 7.12. The van der Waals surface area contributed by atoms with Crippen LogP contribution in [0.1, 0.15) is 44.9 Å². The number of nitrogens with zero attached hydrogens (tertiary/aromatic N) is 4. The number of aromatic nitrogens is 3. The maximum atomic E-state index is 12.9. The number of allylic oxidation sites excluding steroid dienone is 1. The third-order valence-corrected chi connectivity index (χ3v) is 7.12. The molecule has 0 radical (unpaired) electrons. The van der Waals surface area contributed by atoms with Gasteiger partial charge in [-0.1, -0.05) is 23.8 Å². The molecule has 0 spiro atoms. The van der Waals surface area contributed by atoms with Gasteiger partial charge in [-0.15, -0.1) is 0 Å². The van der Waals surface area contributed by atoms with Crippen LogP contribution in [0.15, 0.2) is 54.6 Å². The third kappa shape index (κ3) is 4.88. The van der Waals surface area contributed by atoms with Gasteiger partial charge in [0.05, 0.1) is 18.2 Å². The number of likely N-dealkylation sites (tertiary alicyclic amines) is 1. The van der Waals surface area contributed by atoms with Gasteiger partial charge in [-0.3, -0.25) is 9.59 Å². The summed E-state index contributed by atoms with van der Waals surface area (Å²) < 4.78 is 1.98. The molecule has 1 aliphatic heterocycles. The second kappa shape index (κ2) is 9.79. The zero-order valence-corrected chi connectivity index (χ0v) is 19.7. The second-order valence-electron chi connectivity index (χ2n) is 9.44. The molecule has 0 bridgehead atoms. The summed E-state index contributed by atoms with van der Waals surface area (Å²) >= 11 is 0. The van der Waals surface area contributed by atoms with Crippen molar-refractivity contribution in [3.05, 3.63) is 54.6 Å². The molecular formula is C27H31N5O2. The maximum Gasteiger partial charge on any atom is 0.228 e. The number of carbonyl (C=O) groups excluding carboxylic acids is 2. The number of pyridine rings is 1. The van der Waals surface area contributed by atoms with E-state index in [9.17, 15) is 9.59 Å².